The number of hydrogen-bond acceptors (Lipinski definition) is 4. The number of benzene rings is 2. The summed E-state index contributed by atoms with van der Waals surface area (Å²) in [6.45, 7) is 2.32. The van der Waals surface area contributed by atoms with Crippen LogP contribution < -0.4 is 5.32 Å². The smallest absolute Gasteiger partial charge is 0.220 e. The van der Waals surface area contributed by atoms with Gasteiger partial charge in [-0.1, -0.05) is 49.0 Å². The Morgan fingerprint density at radius 1 is 1.26 bits per heavy atom. The monoisotopic (exact) mass is 394 g/mol. The third kappa shape index (κ3) is 3.07. The zero-order valence-electron chi connectivity index (χ0n) is 15.3. The fraction of sp³-hybridized carbons (Fsp3) is 0.364. The maximum absolute atomic E-state index is 11.8. The number of rotatable bonds is 3. The summed E-state index contributed by atoms with van der Waals surface area (Å²) in [7, 11) is 0. The average Bonchev–Trinajstić information content (AvgIpc) is 3.10. The third-order valence-corrected chi connectivity index (χ3v) is 8.35. The largest absolute Gasteiger partial charge is 0.352 e. The fourth-order valence-corrected chi connectivity index (χ4v) is 6.56. The molecule has 0 bridgehead atoms. The number of thioether (sulfide) groups is 1. The molecule has 138 valence electrons. The van der Waals surface area contributed by atoms with Crippen molar-refractivity contribution in [3.63, 3.8) is 0 Å². The minimum atomic E-state index is 0.0835. The topological polar surface area (TPSA) is 42.0 Å². The molecule has 5 heteroatoms. The Balaban J connectivity index is 1.36. The summed E-state index contributed by atoms with van der Waals surface area (Å²) in [6.07, 6.45) is 3.69. The van der Waals surface area contributed by atoms with Crippen molar-refractivity contribution in [2.45, 2.75) is 54.2 Å². The van der Waals surface area contributed by atoms with Crippen LogP contribution in [0.15, 0.2) is 46.8 Å². The van der Waals surface area contributed by atoms with Crippen molar-refractivity contribution < 1.29 is 4.79 Å². The van der Waals surface area contributed by atoms with Crippen molar-refractivity contribution in [1.29, 1.82) is 0 Å². The molecular formula is C22H22N2OS2. The van der Waals surface area contributed by atoms with E-state index < -0.39 is 0 Å². The molecule has 2 heterocycles. The lowest BCUT2D eigenvalue weighted by molar-refractivity contribution is -0.125. The van der Waals surface area contributed by atoms with Crippen LogP contribution in [-0.4, -0.2) is 16.9 Å². The van der Waals surface area contributed by atoms with Crippen molar-refractivity contribution in [2.75, 3.05) is 0 Å². The first kappa shape index (κ1) is 17.3. The summed E-state index contributed by atoms with van der Waals surface area (Å²) in [4.78, 5) is 16.5. The number of nitrogens with zero attached hydrogens (tertiary/aromatic N) is 1. The van der Waals surface area contributed by atoms with Crippen LogP contribution in [0.2, 0.25) is 0 Å². The first-order valence-electron chi connectivity index (χ1n) is 9.52. The molecule has 1 N–H and O–H groups in total. The summed E-state index contributed by atoms with van der Waals surface area (Å²) in [5, 5.41) is 3.22. The van der Waals surface area contributed by atoms with Gasteiger partial charge >= 0.3 is 0 Å². The zero-order valence-corrected chi connectivity index (χ0v) is 17.0. The van der Waals surface area contributed by atoms with Gasteiger partial charge in [0.1, 0.15) is 0 Å². The second-order valence-electron chi connectivity index (χ2n) is 7.80. The quantitative estimate of drug-likeness (QED) is 0.631. The highest BCUT2D eigenvalue weighted by Gasteiger charge is 2.43. The summed E-state index contributed by atoms with van der Waals surface area (Å²) >= 11 is 3.59. The molecule has 5 rings (SSSR count). The van der Waals surface area contributed by atoms with Crippen LogP contribution in [0.1, 0.15) is 42.9 Å². The molecule has 27 heavy (non-hydrogen) atoms. The van der Waals surface area contributed by atoms with Crippen LogP contribution in [0.25, 0.3) is 10.2 Å². The highest BCUT2D eigenvalue weighted by Crippen LogP contribution is 2.43. The molecule has 1 aromatic heterocycles. The van der Waals surface area contributed by atoms with Crippen molar-refractivity contribution in [3.8, 4) is 0 Å². The number of carbonyl (C=O) groups excluding carboxylic acids is 1. The molecule has 3 nitrogen and oxygen atoms in total. The molecule has 0 spiro atoms. The van der Waals surface area contributed by atoms with Crippen LogP contribution in [0.4, 0.5) is 0 Å². The van der Waals surface area contributed by atoms with Crippen LogP contribution in [0.5, 0.6) is 0 Å². The first-order chi connectivity index (χ1) is 13.1. The maximum Gasteiger partial charge on any atom is 0.220 e. The van der Waals surface area contributed by atoms with Gasteiger partial charge in [-0.25, -0.2) is 4.98 Å². The molecular weight excluding hydrogens is 372 g/mol. The molecule has 1 saturated heterocycles. The normalized spacial score (nSPS) is 24.3. The van der Waals surface area contributed by atoms with E-state index in [1.54, 1.807) is 11.3 Å². The second-order valence-corrected chi connectivity index (χ2v) is 10.1. The third-order valence-electron chi connectivity index (χ3n) is 6.10. The number of fused-ring (bicyclic) bond motifs is 4. The zero-order chi connectivity index (χ0) is 18.4. The Hall–Kier alpha value is -1.85. The lowest BCUT2D eigenvalue weighted by atomic mass is 9.64. The number of aromatic nitrogens is 1. The maximum atomic E-state index is 11.8. The fourth-order valence-electron chi connectivity index (χ4n) is 4.54. The molecule has 1 aliphatic carbocycles. The van der Waals surface area contributed by atoms with Gasteiger partial charge in [-0.15, -0.1) is 11.3 Å². The predicted molar refractivity (Wildman–Crippen MR) is 112 cm³/mol. The van der Waals surface area contributed by atoms with E-state index in [4.69, 9.17) is 4.98 Å². The molecule has 1 amide bonds. The SMILES string of the molecule is C[C@]12CCC(=O)N[C@@H]1CCc1cc(CSc3nc4ccccc4s3)ccc12. The second kappa shape index (κ2) is 6.64. The van der Waals surface area contributed by atoms with Gasteiger partial charge in [0, 0.05) is 23.6 Å². The van der Waals surface area contributed by atoms with Gasteiger partial charge in [0.25, 0.3) is 0 Å². The van der Waals surface area contributed by atoms with Gasteiger partial charge in [-0.2, -0.15) is 0 Å². The standard InChI is InChI=1S/C22H22N2OS2/c1-22-11-10-20(25)24-19(22)9-7-15-12-14(6-8-16(15)22)13-26-21-23-17-4-2-3-5-18(17)27-21/h2-6,8,12,19H,7,9-11,13H2,1H3,(H,24,25)/t19-,22-/m1/s1. The van der Waals surface area contributed by atoms with E-state index in [0.717, 1.165) is 34.9 Å². The molecule has 0 radical (unpaired) electrons. The lowest BCUT2D eigenvalue weighted by Gasteiger charge is -2.46. The number of nitrogens with one attached hydrogen (secondary N) is 1. The van der Waals surface area contributed by atoms with Gasteiger partial charge in [0.2, 0.25) is 5.91 Å². The van der Waals surface area contributed by atoms with Gasteiger partial charge in [-0.05, 0) is 48.1 Å². The van der Waals surface area contributed by atoms with E-state index in [9.17, 15) is 4.79 Å². The number of para-hydroxylation sites is 1. The molecule has 1 fully saturated rings. The number of amides is 1. The summed E-state index contributed by atoms with van der Waals surface area (Å²) in [5.41, 5.74) is 5.44. The van der Waals surface area contributed by atoms with Crippen molar-refractivity contribution in [3.05, 3.63) is 59.2 Å². The molecule has 1 aliphatic heterocycles. The van der Waals surface area contributed by atoms with Crippen LogP contribution in [0, 0.1) is 0 Å². The van der Waals surface area contributed by atoms with E-state index >= 15 is 0 Å². The predicted octanol–water partition coefficient (Wildman–Crippen LogP) is 5.07. The van der Waals surface area contributed by atoms with E-state index in [0.29, 0.717) is 6.42 Å². The average molecular weight is 395 g/mol. The minimum Gasteiger partial charge on any atom is -0.352 e. The summed E-state index contributed by atoms with van der Waals surface area (Å²) in [5.74, 6) is 1.16. The van der Waals surface area contributed by atoms with Crippen LogP contribution in [-0.2, 0) is 22.4 Å². The van der Waals surface area contributed by atoms with Gasteiger partial charge < -0.3 is 5.32 Å². The van der Waals surface area contributed by atoms with E-state index in [1.807, 2.05) is 17.8 Å². The molecule has 2 aliphatic rings. The van der Waals surface area contributed by atoms with Gasteiger partial charge in [0.05, 0.1) is 10.2 Å². The number of aryl methyl sites for hydroxylation is 1. The van der Waals surface area contributed by atoms with E-state index in [1.165, 1.54) is 21.4 Å². The Morgan fingerprint density at radius 3 is 3.04 bits per heavy atom. The van der Waals surface area contributed by atoms with E-state index in [2.05, 4.69) is 48.6 Å². The van der Waals surface area contributed by atoms with E-state index in [-0.39, 0.29) is 17.4 Å². The first-order valence-corrected chi connectivity index (χ1v) is 11.3. The number of thiazole rings is 1. The summed E-state index contributed by atoms with van der Waals surface area (Å²) < 4.78 is 2.39. The Kier molecular flexibility index (Phi) is 4.25. The molecule has 0 saturated carbocycles. The van der Waals surface area contributed by atoms with Gasteiger partial charge in [0.15, 0.2) is 4.34 Å². The van der Waals surface area contributed by atoms with Crippen molar-refractivity contribution >= 4 is 39.2 Å². The Labute approximate surface area is 167 Å². The van der Waals surface area contributed by atoms with Gasteiger partial charge in [-0.3, -0.25) is 4.79 Å². The number of hydrogen-bond donors (Lipinski definition) is 1. The Bertz CT molecular complexity index is 995. The Morgan fingerprint density at radius 2 is 2.15 bits per heavy atom. The minimum absolute atomic E-state index is 0.0835. The highest BCUT2D eigenvalue weighted by atomic mass is 32.2. The number of carbonyl (C=O) groups is 1. The highest BCUT2D eigenvalue weighted by molar-refractivity contribution is 8.00. The number of piperidine rings is 1. The molecule has 2 aromatic carbocycles. The lowest BCUT2D eigenvalue weighted by Crippen LogP contribution is -2.55. The van der Waals surface area contributed by atoms with Crippen LogP contribution >= 0.6 is 23.1 Å². The van der Waals surface area contributed by atoms with Crippen molar-refractivity contribution in [1.82, 2.24) is 10.3 Å². The molecule has 3 aromatic rings. The van der Waals surface area contributed by atoms with Crippen molar-refractivity contribution in [2.24, 2.45) is 0 Å². The molecule has 2 atom stereocenters. The summed E-state index contributed by atoms with van der Waals surface area (Å²) in [6, 6.07) is 15.6. The molecule has 0 unspecified atom stereocenters. The van der Waals surface area contributed by atoms with Crippen LogP contribution in [0.3, 0.4) is 0 Å².